The first-order valence-corrected chi connectivity index (χ1v) is 8.37. The number of benzene rings is 1. The highest BCUT2D eigenvalue weighted by Crippen LogP contribution is 2.23. The maximum Gasteiger partial charge on any atom is 0.254 e. The summed E-state index contributed by atoms with van der Waals surface area (Å²) in [4.78, 5) is 25.4. The predicted molar refractivity (Wildman–Crippen MR) is 92.9 cm³/mol. The van der Waals surface area contributed by atoms with Crippen molar-refractivity contribution in [3.05, 3.63) is 28.8 Å². The van der Waals surface area contributed by atoms with E-state index < -0.39 is 0 Å². The van der Waals surface area contributed by atoms with Crippen molar-refractivity contribution in [2.24, 2.45) is 5.92 Å². The van der Waals surface area contributed by atoms with Gasteiger partial charge in [-0.2, -0.15) is 0 Å². The normalized spacial score (nSPS) is 15.3. The Labute approximate surface area is 142 Å². The standard InChI is InChI=1S/C17H24ClN3O2/c1-21(2)17(23)14-5-4-13(11-15(14)18)20-16(22)6-3-12-7-9-19-10-8-12/h4-5,11-12,19H,3,6-10H2,1-2H3,(H,20,22). The molecule has 0 aromatic heterocycles. The highest BCUT2D eigenvalue weighted by atomic mass is 35.5. The Morgan fingerprint density at radius 2 is 2.00 bits per heavy atom. The second kappa shape index (κ2) is 8.31. The van der Waals surface area contributed by atoms with Crippen molar-refractivity contribution < 1.29 is 9.59 Å². The van der Waals surface area contributed by atoms with Gasteiger partial charge in [0, 0.05) is 26.2 Å². The molecule has 1 fully saturated rings. The minimum Gasteiger partial charge on any atom is -0.345 e. The van der Waals surface area contributed by atoms with Crippen LogP contribution in [-0.4, -0.2) is 43.9 Å². The van der Waals surface area contributed by atoms with Gasteiger partial charge in [0.15, 0.2) is 0 Å². The number of rotatable bonds is 5. The van der Waals surface area contributed by atoms with Crippen LogP contribution in [0.3, 0.4) is 0 Å². The van der Waals surface area contributed by atoms with Gasteiger partial charge >= 0.3 is 0 Å². The van der Waals surface area contributed by atoms with Crippen molar-refractivity contribution in [3.8, 4) is 0 Å². The average Bonchev–Trinajstić information content (AvgIpc) is 2.53. The number of nitrogens with zero attached hydrogens (tertiary/aromatic N) is 1. The van der Waals surface area contributed by atoms with Gasteiger partial charge in [-0.3, -0.25) is 9.59 Å². The van der Waals surface area contributed by atoms with Crippen molar-refractivity contribution in [2.45, 2.75) is 25.7 Å². The molecule has 1 aliphatic rings. The Morgan fingerprint density at radius 1 is 1.30 bits per heavy atom. The van der Waals surface area contributed by atoms with E-state index in [1.165, 1.54) is 4.90 Å². The molecule has 5 nitrogen and oxygen atoms in total. The van der Waals surface area contributed by atoms with Crippen LogP contribution in [0.4, 0.5) is 5.69 Å². The van der Waals surface area contributed by atoms with Crippen LogP contribution >= 0.6 is 11.6 Å². The van der Waals surface area contributed by atoms with Crippen LogP contribution in [0.2, 0.25) is 5.02 Å². The van der Waals surface area contributed by atoms with Gasteiger partial charge < -0.3 is 15.5 Å². The lowest BCUT2D eigenvalue weighted by molar-refractivity contribution is -0.116. The Morgan fingerprint density at radius 3 is 2.61 bits per heavy atom. The fourth-order valence-electron chi connectivity index (χ4n) is 2.74. The molecule has 1 aromatic rings. The number of hydrogen-bond donors (Lipinski definition) is 2. The molecule has 126 valence electrons. The van der Waals surface area contributed by atoms with Gasteiger partial charge in [0.2, 0.25) is 5.91 Å². The Kier molecular flexibility index (Phi) is 6.42. The van der Waals surface area contributed by atoms with Crippen LogP contribution in [0.5, 0.6) is 0 Å². The quantitative estimate of drug-likeness (QED) is 0.868. The highest BCUT2D eigenvalue weighted by molar-refractivity contribution is 6.34. The van der Waals surface area contributed by atoms with Crippen LogP contribution < -0.4 is 10.6 Å². The second-order valence-electron chi connectivity index (χ2n) is 6.17. The van der Waals surface area contributed by atoms with Crippen molar-refractivity contribution in [2.75, 3.05) is 32.5 Å². The number of carbonyl (C=O) groups is 2. The molecule has 2 amide bonds. The summed E-state index contributed by atoms with van der Waals surface area (Å²) in [7, 11) is 3.35. The molecule has 0 spiro atoms. The molecule has 23 heavy (non-hydrogen) atoms. The Balaban J connectivity index is 1.88. The first-order chi connectivity index (χ1) is 11.0. The van der Waals surface area contributed by atoms with Crippen LogP contribution in [0, 0.1) is 5.92 Å². The number of hydrogen-bond acceptors (Lipinski definition) is 3. The third kappa shape index (κ3) is 5.22. The second-order valence-corrected chi connectivity index (χ2v) is 6.58. The molecule has 1 saturated heterocycles. The average molecular weight is 338 g/mol. The first-order valence-electron chi connectivity index (χ1n) is 7.99. The fraction of sp³-hybridized carbons (Fsp3) is 0.529. The first kappa shape index (κ1) is 17.8. The molecule has 0 atom stereocenters. The molecule has 2 N–H and O–H groups in total. The molecule has 0 saturated carbocycles. The van der Waals surface area contributed by atoms with E-state index in [4.69, 9.17) is 11.6 Å². The number of halogens is 1. The van der Waals surface area contributed by atoms with Crippen LogP contribution in [-0.2, 0) is 4.79 Å². The molecule has 1 aromatic carbocycles. The van der Waals surface area contributed by atoms with Gasteiger partial charge in [0.25, 0.3) is 5.91 Å². The molecular weight excluding hydrogens is 314 g/mol. The molecule has 6 heteroatoms. The lowest BCUT2D eigenvalue weighted by Gasteiger charge is -2.22. The third-order valence-electron chi connectivity index (χ3n) is 4.13. The van der Waals surface area contributed by atoms with Crippen molar-refractivity contribution >= 4 is 29.1 Å². The summed E-state index contributed by atoms with van der Waals surface area (Å²) in [5.74, 6) is 0.468. The van der Waals surface area contributed by atoms with Gasteiger partial charge in [-0.25, -0.2) is 0 Å². The summed E-state index contributed by atoms with van der Waals surface area (Å²) in [5, 5.41) is 6.53. The Hall–Kier alpha value is -1.59. The van der Waals surface area contributed by atoms with E-state index in [1.807, 2.05) is 0 Å². The van der Waals surface area contributed by atoms with Gasteiger partial charge in [0.1, 0.15) is 0 Å². The van der Waals surface area contributed by atoms with Gasteiger partial charge in [-0.05, 0) is 56.5 Å². The van der Waals surface area contributed by atoms with E-state index in [-0.39, 0.29) is 11.8 Å². The van der Waals surface area contributed by atoms with E-state index >= 15 is 0 Å². The molecule has 0 radical (unpaired) electrons. The lowest BCUT2D eigenvalue weighted by atomic mass is 9.93. The summed E-state index contributed by atoms with van der Waals surface area (Å²) in [6.07, 6.45) is 3.71. The monoisotopic (exact) mass is 337 g/mol. The zero-order valence-corrected chi connectivity index (χ0v) is 14.4. The van der Waals surface area contributed by atoms with Crippen molar-refractivity contribution in [1.29, 1.82) is 0 Å². The largest absolute Gasteiger partial charge is 0.345 e. The molecule has 0 aliphatic carbocycles. The van der Waals surface area contributed by atoms with Gasteiger partial charge in [-0.1, -0.05) is 11.6 Å². The van der Waals surface area contributed by atoms with E-state index in [9.17, 15) is 9.59 Å². The van der Waals surface area contributed by atoms with Crippen LogP contribution in [0.1, 0.15) is 36.0 Å². The highest BCUT2D eigenvalue weighted by Gasteiger charge is 2.16. The van der Waals surface area contributed by atoms with Crippen molar-refractivity contribution in [3.63, 3.8) is 0 Å². The SMILES string of the molecule is CN(C)C(=O)c1ccc(NC(=O)CCC2CCNCC2)cc1Cl. The van der Waals surface area contributed by atoms with Crippen LogP contribution in [0.15, 0.2) is 18.2 Å². The molecular formula is C17H24ClN3O2. The van der Waals surface area contributed by atoms with Gasteiger partial charge in [0.05, 0.1) is 10.6 Å². The molecule has 0 unspecified atom stereocenters. The lowest BCUT2D eigenvalue weighted by Crippen LogP contribution is -2.28. The van der Waals surface area contributed by atoms with Gasteiger partial charge in [-0.15, -0.1) is 0 Å². The predicted octanol–water partition coefficient (Wildman–Crippen LogP) is 2.76. The number of amides is 2. The van der Waals surface area contributed by atoms with E-state index in [2.05, 4.69) is 10.6 Å². The number of carbonyl (C=O) groups excluding carboxylic acids is 2. The molecule has 2 rings (SSSR count). The maximum absolute atomic E-state index is 12.0. The summed E-state index contributed by atoms with van der Waals surface area (Å²) >= 11 is 6.14. The fourth-order valence-corrected chi connectivity index (χ4v) is 3.00. The van der Waals surface area contributed by atoms with E-state index in [0.717, 1.165) is 32.4 Å². The third-order valence-corrected chi connectivity index (χ3v) is 4.44. The summed E-state index contributed by atoms with van der Waals surface area (Å²) in [6, 6.07) is 4.98. The summed E-state index contributed by atoms with van der Waals surface area (Å²) < 4.78 is 0. The molecule has 1 heterocycles. The minimum atomic E-state index is -0.154. The minimum absolute atomic E-state index is 0.00807. The topological polar surface area (TPSA) is 61.4 Å². The summed E-state index contributed by atoms with van der Waals surface area (Å²) in [6.45, 7) is 2.09. The summed E-state index contributed by atoms with van der Waals surface area (Å²) in [5.41, 5.74) is 1.06. The number of piperidine rings is 1. The zero-order valence-electron chi connectivity index (χ0n) is 13.7. The molecule has 1 aliphatic heterocycles. The molecule has 0 bridgehead atoms. The smallest absolute Gasteiger partial charge is 0.254 e. The Bertz CT molecular complexity index is 569. The maximum atomic E-state index is 12.0. The van der Waals surface area contributed by atoms with E-state index in [0.29, 0.717) is 28.6 Å². The van der Waals surface area contributed by atoms with Crippen molar-refractivity contribution in [1.82, 2.24) is 10.2 Å². The van der Waals surface area contributed by atoms with E-state index in [1.54, 1.807) is 32.3 Å². The number of nitrogens with one attached hydrogen (secondary N) is 2. The van der Waals surface area contributed by atoms with Crippen LogP contribution in [0.25, 0.3) is 0 Å². The zero-order chi connectivity index (χ0) is 16.8. The number of anilines is 1.